The first-order valence-corrected chi connectivity index (χ1v) is 33.5. The fraction of sp³-hybridized carbons (Fsp3) is 0.955. The van der Waals surface area contributed by atoms with Crippen molar-refractivity contribution in [3.05, 3.63) is 0 Å². The standard InChI is InChI=1S/C67H130O6/c1-4-7-10-13-16-19-22-25-27-28-29-30-31-32-33-34-35-36-37-38-39-41-42-45-48-51-54-57-60-66(69)72-63-64(62-71-65(68)59-56-53-50-47-44-24-21-18-15-12-9-6-3)73-67(70)61-58-55-52-49-46-43-40-26-23-20-17-14-11-8-5-2/h64H,4-63H2,1-3H3. The third-order valence-corrected chi connectivity index (χ3v) is 15.6. The molecule has 0 aliphatic carbocycles. The third-order valence-electron chi connectivity index (χ3n) is 15.6. The van der Waals surface area contributed by atoms with E-state index < -0.39 is 6.10 Å². The molecule has 6 heteroatoms. The average molecular weight is 1030 g/mol. The minimum atomic E-state index is -0.762. The Kier molecular flexibility index (Phi) is 61.6. The number of esters is 3. The zero-order valence-corrected chi connectivity index (χ0v) is 50.0. The minimum absolute atomic E-state index is 0.0607. The molecule has 0 saturated carbocycles. The predicted octanol–water partition coefficient (Wildman–Crippen LogP) is 22.7. The molecular weight excluding hydrogens is 901 g/mol. The van der Waals surface area contributed by atoms with Crippen molar-refractivity contribution in [1.29, 1.82) is 0 Å². The molecule has 0 aliphatic heterocycles. The molecule has 0 amide bonds. The largest absolute Gasteiger partial charge is 0.462 e. The first kappa shape index (κ1) is 71.4. The van der Waals surface area contributed by atoms with Gasteiger partial charge >= 0.3 is 17.9 Å². The highest BCUT2D eigenvalue weighted by molar-refractivity contribution is 5.71. The van der Waals surface area contributed by atoms with Crippen LogP contribution in [-0.2, 0) is 28.6 Å². The molecule has 434 valence electrons. The molecule has 0 radical (unpaired) electrons. The van der Waals surface area contributed by atoms with Crippen molar-refractivity contribution in [3.63, 3.8) is 0 Å². The van der Waals surface area contributed by atoms with Crippen LogP contribution < -0.4 is 0 Å². The van der Waals surface area contributed by atoms with Crippen LogP contribution in [0.25, 0.3) is 0 Å². The molecule has 73 heavy (non-hydrogen) atoms. The van der Waals surface area contributed by atoms with Gasteiger partial charge in [0.2, 0.25) is 0 Å². The fourth-order valence-corrected chi connectivity index (χ4v) is 10.6. The zero-order valence-electron chi connectivity index (χ0n) is 50.0. The summed E-state index contributed by atoms with van der Waals surface area (Å²) < 4.78 is 16.9. The molecule has 1 unspecified atom stereocenters. The van der Waals surface area contributed by atoms with E-state index in [4.69, 9.17) is 14.2 Å². The Morgan fingerprint density at radius 1 is 0.219 bits per heavy atom. The second-order valence-corrected chi connectivity index (χ2v) is 23.1. The van der Waals surface area contributed by atoms with Crippen LogP contribution in [-0.4, -0.2) is 37.2 Å². The van der Waals surface area contributed by atoms with E-state index in [9.17, 15) is 14.4 Å². The lowest BCUT2D eigenvalue weighted by atomic mass is 10.0. The summed E-state index contributed by atoms with van der Waals surface area (Å²) >= 11 is 0. The quantitative estimate of drug-likeness (QED) is 0.0343. The van der Waals surface area contributed by atoms with Crippen LogP contribution in [0.2, 0.25) is 0 Å². The van der Waals surface area contributed by atoms with Crippen LogP contribution in [0.4, 0.5) is 0 Å². The lowest BCUT2D eigenvalue weighted by Gasteiger charge is -2.18. The predicted molar refractivity (Wildman–Crippen MR) is 317 cm³/mol. The zero-order chi connectivity index (χ0) is 52.9. The summed E-state index contributed by atoms with van der Waals surface area (Å²) in [5.41, 5.74) is 0. The van der Waals surface area contributed by atoms with Gasteiger partial charge < -0.3 is 14.2 Å². The van der Waals surface area contributed by atoms with Crippen LogP contribution in [0.5, 0.6) is 0 Å². The minimum Gasteiger partial charge on any atom is -0.462 e. The Labute approximate surface area is 457 Å². The molecule has 0 fully saturated rings. The maximum Gasteiger partial charge on any atom is 0.306 e. The van der Waals surface area contributed by atoms with Gasteiger partial charge in [0.05, 0.1) is 0 Å². The number of carbonyl (C=O) groups excluding carboxylic acids is 3. The highest BCUT2D eigenvalue weighted by Gasteiger charge is 2.19. The lowest BCUT2D eigenvalue weighted by Crippen LogP contribution is -2.30. The second-order valence-electron chi connectivity index (χ2n) is 23.1. The summed E-state index contributed by atoms with van der Waals surface area (Å²) in [6, 6.07) is 0. The highest BCUT2D eigenvalue weighted by Crippen LogP contribution is 2.19. The monoisotopic (exact) mass is 1030 g/mol. The van der Waals surface area contributed by atoms with Crippen LogP contribution in [0.15, 0.2) is 0 Å². The van der Waals surface area contributed by atoms with E-state index >= 15 is 0 Å². The van der Waals surface area contributed by atoms with Gasteiger partial charge in [-0.1, -0.05) is 355 Å². The molecule has 0 rings (SSSR count). The van der Waals surface area contributed by atoms with E-state index in [1.165, 1.54) is 295 Å². The van der Waals surface area contributed by atoms with E-state index in [1.807, 2.05) is 0 Å². The van der Waals surface area contributed by atoms with Gasteiger partial charge in [-0.25, -0.2) is 0 Å². The van der Waals surface area contributed by atoms with Crippen molar-refractivity contribution < 1.29 is 28.6 Å². The molecule has 0 aliphatic rings. The highest BCUT2D eigenvalue weighted by atomic mass is 16.6. The normalized spacial score (nSPS) is 11.9. The van der Waals surface area contributed by atoms with Crippen molar-refractivity contribution in [2.45, 2.75) is 399 Å². The maximum absolute atomic E-state index is 12.9. The molecule has 0 aromatic carbocycles. The molecule has 0 heterocycles. The van der Waals surface area contributed by atoms with Crippen LogP contribution in [0, 0.1) is 0 Å². The number of unbranched alkanes of at least 4 members (excludes halogenated alkanes) is 52. The van der Waals surface area contributed by atoms with Gasteiger partial charge in [-0.15, -0.1) is 0 Å². The van der Waals surface area contributed by atoms with Crippen molar-refractivity contribution in [3.8, 4) is 0 Å². The lowest BCUT2D eigenvalue weighted by molar-refractivity contribution is -0.167. The smallest absolute Gasteiger partial charge is 0.306 e. The Balaban J connectivity index is 4.10. The van der Waals surface area contributed by atoms with Gasteiger partial charge in [-0.05, 0) is 19.3 Å². The summed E-state index contributed by atoms with van der Waals surface area (Å²) in [5, 5.41) is 0. The Morgan fingerprint density at radius 2 is 0.370 bits per heavy atom. The number of hydrogen-bond acceptors (Lipinski definition) is 6. The molecule has 1 atom stereocenters. The summed E-state index contributed by atoms with van der Waals surface area (Å²) in [6.45, 7) is 6.72. The number of hydrogen-bond donors (Lipinski definition) is 0. The Morgan fingerprint density at radius 3 is 0.548 bits per heavy atom. The van der Waals surface area contributed by atoms with Gasteiger partial charge in [-0.2, -0.15) is 0 Å². The topological polar surface area (TPSA) is 78.9 Å². The molecular formula is C67H130O6. The van der Waals surface area contributed by atoms with Crippen molar-refractivity contribution >= 4 is 17.9 Å². The first-order chi connectivity index (χ1) is 36.0. The van der Waals surface area contributed by atoms with E-state index in [1.54, 1.807) is 0 Å². The van der Waals surface area contributed by atoms with E-state index in [2.05, 4.69) is 20.8 Å². The number of rotatable bonds is 63. The molecule has 6 nitrogen and oxygen atoms in total. The van der Waals surface area contributed by atoms with Crippen molar-refractivity contribution in [2.75, 3.05) is 13.2 Å². The van der Waals surface area contributed by atoms with Gasteiger partial charge in [-0.3, -0.25) is 14.4 Å². The number of carbonyl (C=O) groups is 3. The second kappa shape index (κ2) is 62.9. The van der Waals surface area contributed by atoms with E-state index in [0.29, 0.717) is 19.3 Å². The molecule has 0 bridgehead atoms. The van der Waals surface area contributed by atoms with Crippen molar-refractivity contribution in [1.82, 2.24) is 0 Å². The van der Waals surface area contributed by atoms with Crippen LogP contribution >= 0.6 is 0 Å². The first-order valence-electron chi connectivity index (χ1n) is 33.5. The summed E-state index contributed by atoms with van der Waals surface area (Å²) in [5.74, 6) is -0.827. The Hall–Kier alpha value is -1.59. The summed E-state index contributed by atoms with van der Waals surface area (Å²) in [6.07, 6.45) is 72.8. The van der Waals surface area contributed by atoms with Crippen molar-refractivity contribution in [2.24, 2.45) is 0 Å². The maximum atomic E-state index is 12.9. The molecule has 0 N–H and O–H groups in total. The van der Waals surface area contributed by atoms with Gasteiger partial charge in [0.15, 0.2) is 6.10 Å². The van der Waals surface area contributed by atoms with Gasteiger partial charge in [0, 0.05) is 19.3 Å². The number of ether oxygens (including phenoxy) is 3. The summed E-state index contributed by atoms with van der Waals surface area (Å²) in [4.78, 5) is 38.2. The SMILES string of the molecule is CCCCCCCCCCCCCCCCCCCCCCCCCCCCCCC(=O)OCC(COC(=O)CCCCCCCCCCCCCC)OC(=O)CCCCCCCCCCCCCCCCC. The summed E-state index contributed by atoms with van der Waals surface area (Å²) in [7, 11) is 0. The van der Waals surface area contributed by atoms with Gasteiger partial charge in [0.25, 0.3) is 0 Å². The fourth-order valence-electron chi connectivity index (χ4n) is 10.6. The van der Waals surface area contributed by atoms with Crippen LogP contribution in [0.1, 0.15) is 393 Å². The van der Waals surface area contributed by atoms with E-state index in [-0.39, 0.29) is 31.1 Å². The Bertz CT molecular complexity index is 1090. The third kappa shape index (κ3) is 61.1. The van der Waals surface area contributed by atoms with Crippen LogP contribution in [0.3, 0.4) is 0 Å². The molecule has 0 saturated heterocycles. The van der Waals surface area contributed by atoms with E-state index in [0.717, 1.165) is 57.8 Å². The molecule has 0 aromatic heterocycles. The van der Waals surface area contributed by atoms with Gasteiger partial charge in [0.1, 0.15) is 13.2 Å². The average Bonchev–Trinajstić information content (AvgIpc) is 3.39. The molecule has 0 aromatic rings. The molecule has 0 spiro atoms.